The highest BCUT2D eigenvalue weighted by atomic mass is 16.5. The average Bonchev–Trinajstić information content (AvgIpc) is 2.66. The van der Waals surface area contributed by atoms with Crippen molar-refractivity contribution in [3.63, 3.8) is 0 Å². The van der Waals surface area contributed by atoms with Gasteiger partial charge in [-0.25, -0.2) is 0 Å². The lowest BCUT2D eigenvalue weighted by Crippen LogP contribution is -2.57. The number of methoxy groups -OCH3 is 1. The quantitative estimate of drug-likeness (QED) is 0.826. The summed E-state index contributed by atoms with van der Waals surface area (Å²) in [6.07, 6.45) is -0.336. The van der Waals surface area contributed by atoms with Crippen molar-refractivity contribution in [1.29, 1.82) is 0 Å². The van der Waals surface area contributed by atoms with E-state index in [9.17, 15) is 4.79 Å². The van der Waals surface area contributed by atoms with Crippen molar-refractivity contribution in [3.05, 3.63) is 60.2 Å². The Morgan fingerprint density at radius 2 is 2.00 bits per heavy atom. The molecule has 1 fully saturated rings. The molecule has 1 saturated heterocycles. The molecule has 0 aromatic heterocycles. The molecule has 0 N–H and O–H groups in total. The Morgan fingerprint density at radius 1 is 1.23 bits per heavy atom. The van der Waals surface area contributed by atoms with E-state index >= 15 is 0 Å². The van der Waals surface area contributed by atoms with Crippen LogP contribution in [0.1, 0.15) is 19.4 Å². The van der Waals surface area contributed by atoms with Crippen LogP contribution in [0.15, 0.2) is 54.6 Å². The number of carbonyl (C=O) groups excluding carboxylic acids is 1. The summed E-state index contributed by atoms with van der Waals surface area (Å²) in [4.78, 5) is 16.5. The van der Waals surface area contributed by atoms with E-state index in [1.807, 2.05) is 30.3 Å². The van der Waals surface area contributed by atoms with Crippen LogP contribution in [0, 0.1) is 0 Å². The molecule has 5 heteroatoms. The van der Waals surface area contributed by atoms with Gasteiger partial charge in [-0.1, -0.05) is 36.4 Å². The van der Waals surface area contributed by atoms with Gasteiger partial charge in [0.05, 0.1) is 25.4 Å². The summed E-state index contributed by atoms with van der Waals surface area (Å²) in [5.41, 5.74) is 2.05. The van der Waals surface area contributed by atoms with Crippen LogP contribution in [0.2, 0.25) is 0 Å². The van der Waals surface area contributed by atoms with E-state index in [0.717, 1.165) is 24.5 Å². The van der Waals surface area contributed by atoms with Crippen molar-refractivity contribution < 1.29 is 14.3 Å². The molecule has 138 valence electrons. The smallest absolute Gasteiger partial charge is 0.226 e. The van der Waals surface area contributed by atoms with Crippen LogP contribution < -0.4 is 9.64 Å². The Hall–Kier alpha value is -2.37. The van der Waals surface area contributed by atoms with E-state index in [2.05, 4.69) is 36.1 Å². The molecule has 2 unspecified atom stereocenters. The lowest BCUT2D eigenvalue weighted by molar-refractivity contribution is -0.124. The third-order valence-electron chi connectivity index (χ3n) is 4.81. The Morgan fingerprint density at radius 3 is 2.69 bits per heavy atom. The third kappa shape index (κ3) is 4.06. The van der Waals surface area contributed by atoms with Crippen LogP contribution in [-0.4, -0.2) is 43.3 Å². The normalized spacial score (nSPS) is 20.6. The Bertz CT molecular complexity index is 735. The maximum atomic E-state index is 12.4. The third-order valence-corrected chi connectivity index (χ3v) is 4.81. The van der Waals surface area contributed by atoms with Gasteiger partial charge in [-0.3, -0.25) is 14.6 Å². The SMILES string of the molecule is COc1cccc(N(C(C)=O)C2OCCN(Cc3ccccc3)C2C)c1. The molecule has 0 aliphatic carbocycles. The number of nitrogens with zero attached hydrogens (tertiary/aromatic N) is 2. The standard InChI is InChI=1S/C21H26N2O3/c1-16-21(23(17(2)24)19-10-7-11-20(14-19)25-3)26-13-12-22(16)15-18-8-5-4-6-9-18/h4-11,14,16,21H,12-13,15H2,1-3H3. The Balaban J connectivity index is 1.83. The zero-order valence-electron chi connectivity index (χ0n) is 15.6. The van der Waals surface area contributed by atoms with Gasteiger partial charge < -0.3 is 9.47 Å². The zero-order valence-corrected chi connectivity index (χ0v) is 15.6. The minimum Gasteiger partial charge on any atom is -0.497 e. The van der Waals surface area contributed by atoms with Crippen molar-refractivity contribution >= 4 is 11.6 Å². The second-order valence-electron chi connectivity index (χ2n) is 6.55. The van der Waals surface area contributed by atoms with Gasteiger partial charge in [-0.15, -0.1) is 0 Å². The number of hydrogen-bond acceptors (Lipinski definition) is 4. The second kappa shape index (κ2) is 8.34. The van der Waals surface area contributed by atoms with E-state index in [-0.39, 0.29) is 18.2 Å². The van der Waals surface area contributed by atoms with Crippen molar-refractivity contribution in [2.45, 2.75) is 32.7 Å². The maximum absolute atomic E-state index is 12.4. The van der Waals surface area contributed by atoms with Gasteiger partial charge in [-0.2, -0.15) is 0 Å². The number of morpholine rings is 1. The topological polar surface area (TPSA) is 42.0 Å². The highest BCUT2D eigenvalue weighted by molar-refractivity contribution is 5.92. The van der Waals surface area contributed by atoms with Crippen LogP contribution in [0.25, 0.3) is 0 Å². The summed E-state index contributed by atoms with van der Waals surface area (Å²) in [7, 11) is 1.62. The number of amides is 1. The number of hydrogen-bond donors (Lipinski definition) is 0. The monoisotopic (exact) mass is 354 g/mol. The number of benzene rings is 2. The highest BCUT2D eigenvalue weighted by Crippen LogP contribution is 2.28. The van der Waals surface area contributed by atoms with E-state index in [1.54, 1.807) is 18.9 Å². The van der Waals surface area contributed by atoms with Gasteiger partial charge in [0.15, 0.2) is 6.23 Å². The van der Waals surface area contributed by atoms with Crippen molar-refractivity contribution in [3.8, 4) is 5.75 Å². The summed E-state index contributed by atoms with van der Waals surface area (Å²) < 4.78 is 11.3. The summed E-state index contributed by atoms with van der Waals surface area (Å²) in [5, 5.41) is 0. The van der Waals surface area contributed by atoms with E-state index in [0.29, 0.717) is 6.61 Å². The first-order chi connectivity index (χ1) is 12.6. The minimum absolute atomic E-state index is 0.0448. The van der Waals surface area contributed by atoms with Gasteiger partial charge in [0.25, 0.3) is 0 Å². The largest absolute Gasteiger partial charge is 0.497 e. The molecular weight excluding hydrogens is 328 g/mol. The first kappa shape index (κ1) is 18.4. The molecule has 1 aliphatic rings. The van der Waals surface area contributed by atoms with Gasteiger partial charge >= 0.3 is 0 Å². The van der Waals surface area contributed by atoms with Crippen LogP contribution in [0.5, 0.6) is 5.75 Å². The van der Waals surface area contributed by atoms with Gasteiger partial charge in [0.2, 0.25) is 5.91 Å². The molecular formula is C21H26N2O3. The first-order valence-electron chi connectivity index (χ1n) is 8.93. The molecule has 5 nitrogen and oxygen atoms in total. The van der Waals surface area contributed by atoms with Crippen molar-refractivity contribution in [2.75, 3.05) is 25.2 Å². The average molecular weight is 354 g/mol. The summed E-state index contributed by atoms with van der Waals surface area (Å²) in [6.45, 7) is 5.96. The number of anilines is 1. The first-order valence-corrected chi connectivity index (χ1v) is 8.93. The molecule has 2 aromatic rings. The number of rotatable bonds is 5. The molecule has 0 saturated carbocycles. The molecule has 0 radical (unpaired) electrons. The van der Waals surface area contributed by atoms with Crippen LogP contribution in [-0.2, 0) is 16.1 Å². The predicted molar refractivity (Wildman–Crippen MR) is 102 cm³/mol. The lowest BCUT2D eigenvalue weighted by atomic mass is 10.1. The second-order valence-corrected chi connectivity index (χ2v) is 6.55. The van der Waals surface area contributed by atoms with Crippen LogP contribution >= 0.6 is 0 Å². The molecule has 2 atom stereocenters. The Labute approximate surface area is 155 Å². The van der Waals surface area contributed by atoms with Crippen LogP contribution in [0.4, 0.5) is 5.69 Å². The fourth-order valence-electron chi connectivity index (χ4n) is 3.41. The molecule has 3 rings (SSSR count). The Kier molecular flexibility index (Phi) is 5.91. The molecule has 1 aliphatic heterocycles. The summed E-state index contributed by atoms with van der Waals surface area (Å²) in [5.74, 6) is 0.676. The molecule has 0 spiro atoms. The predicted octanol–water partition coefficient (Wildman–Crippen LogP) is 3.30. The number of ether oxygens (including phenoxy) is 2. The summed E-state index contributed by atoms with van der Waals surface area (Å²) in [6, 6.07) is 18.0. The fraction of sp³-hybridized carbons (Fsp3) is 0.381. The molecule has 2 aromatic carbocycles. The fourth-order valence-corrected chi connectivity index (χ4v) is 3.41. The molecule has 1 heterocycles. The van der Waals surface area contributed by atoms with E-state index in [1.165, 1.54) is 5.56 Å². The van der Waals surface area contributed by atoms with Gasteiger partial charge in [-0.05, 0) is 24.6 Å². The molecule has 0 bridgehead atoms. The zero-order chi connectivity index (χ0) is 18.5. The van der Waals surface area contributed by atoms with E-state index < -0.39 is 0 Å². The molecule has 1 amide bonds. The van der Waals surface area contributed by atoms with Crippen molar-refractivity contribution in [2.24, 2.45) is 0 Å². The van der Waals surface area contributed by atoms with Crippen molar-refractivity contribution in [1.82, 2.24) is 4.90 Å². The minimum atomic E-state index is -0.336. The van der Waals surface area contributed by atoms with Gasteiger partial charge in [0.1, 0.15) is 5.75 Å². The number of carbonyl (C=O) groups is 1. The maximum Gasteiger partial charge on any atom is 0.226 e. The van der Waals surface area contributed by atoms with Crippen LogP contribution in [0.3, 0.4) is 0 Å². The van der Waals surface area contributed by atoms with E-state index in [4.69, 9.17) is 9.47 Å². The van der Waals surface area contributed by atoms with Gasteiger partial charge in [0, 0.05) is 26.1 Å². The lowest BCUT2D eigenvalue weighted by Gasteiger charge is -2.44. The highest BCUT2D eigenvalue weighted by Gasteiger charge is 2.35. The molecule has 26 heavy (non-hydrogen) atoms. The summed E-state index contributed by atoms with van der Waals surface area (Å²) >= 11 is 0.